The maximum atomic E-state index is 14.3. The number of carbonyl (C=O) groups is 4. The number of unbranched alkanes of at least 4 members (excludes halogenated alkanes) is 3. The number of nitrogens with zero attached hydrogens (tertiary/aromatic N) is 7. The first-order valence-electron chi connectivity index (χ1n) is 21.1. The van der Waals surface area contributed by atoms with Crippen LogP contribution in [0.4, 0.5) is 0 Å². The van der Waals surface area contributed by atoms with Crippen molar-refractivity contribution < 1.29 is 69.7 Å². The maximum Gasteiger partial charge on any atom is 0.328 e. The number of benzene rings is 2. The summed E-state index contributed by atoms with van der Waals surface area (Å²) in [7, 11) is 0. The second-order valence-electron chi connectivity index (χ2n) is 15.1. The van der Waals surface area contributed by atoms with E-state index in [1.807, 2.05) is 69.3 Å². The lowest BCUT2D eigenvalue weighted by Crippen LogP contribution is -2.55. The molecular weight excluding hydrogens is 844 g/mol. The van der Waals surface area contributed by atoms with Gasteiger partial charge >= 0.3 is 5.97 Å². The van der Waals surface area contributed by atoms with Crippen LogP contribution >= 0.6 is 0 Å². The number of rotatable bonds is 32. The number of aromatic amines is 1. The van der Waals surface area contributed by atoms with Gasteiger partial charge in [0.05, 0.1) is 29.4 Å². The van der Waals surface area contributed by atoms with Gasteiger partial charge in [0, 0.05) is 31.5 Å². The Kier molecular flexibility index (Phi) is 24.4. The Bertz CT molecular complexity index is 1800. The lowest BCUT2D eigenvalue weighted by atomic mass is 9.96. The molecule has 0 aliphatic carbocycles. The van der Waals surface area contributed by atoms with E-state index < -0.39 is 52.8 Å². The molecule has 0 saturated carbocycles. The number of H-pyrrole nitrogens is 1. The number of hydrogen-bond donors (Lipinski definition) is 9. The van der Waals surface area contributed by atoms with Crippen LogP contribution in [0.3, 0.4) is 0 Å². The number of tetrazole rings is 1. The van der Waals surface area contributed by atoms with Gasteiger partial charge in [0.1, 0.15) is 24.8 Å². The van der Waals surface area contributed by atoms with Gasteiger partial charge in [-0.1, -0.05) is 75.7 Å². The van der Waals surface area contributed by atoms with E-state index in [1.54, 1.807) is 4.90 Å². The first kappa shape index (κ1) is 53.2. The van der Waals surface area contributed by atoms with E-state index in [1.165, 1.54) is 0 Å². The van der Waals surface area contributed by atoms with Gasteiger partial charge in [0.2, 0.25) is 23.5 Å². The Morgan fingerprint density at radius 2 is 1.48 bits per heavy atom. The average Bonchev–Trinajstić information content (AvgIpc) is 3.80. The molecule has 3 amide bonds. The first-order chi connectivity index (χ1) is 30.7. The van der Waals surface area contributed by atoms with E-state index in [-0.39, 0.29) is 82.6 Å². The SMILES string of the molecule is CCCCC(=O)N(Cc1ccc(-c2ccccc2-c2nn[nH]n2)cc1)C(C(=O)NC(CCCCNC(=O)CCCON(O)O)C(=O)OCCCCC(CON(O)O)ON(O)O)C(C)C. The van der Waals surface area contributed by atoms with E-state index in [9.17, 15) is 19.2 Å². The van der Waals surface area contributed by atoms with Crippen molar-refractivity contribution in [3.63, 3.8) is 0 Å². The molecule has 24 nitrogen and oxygen atoms in total. The minimum atomic E-state index is -1.13. The number of hydrogen-bond acceptors (Lipinski definition) is 20. The summed E-state index contributed by atoms with van der Waals surface area (Å²) in [6.07, 6.45) is 2.50. The Balaban J connectivity index is 1.75. The molecule has 0 fully saturated rings. The molecule has 0 saturated heterocycles. The molecule has 1 heterocycles. The van der Waals surface area contributed by atoms with Crippen LogP contribution in [-0.2, 0) is 45.0 Å². The highest BCUT2D eigenvalue weighted by Gasteiger charge is 2.35. The Morgan fingerprint density at radius 3 is 2.12 bits per heavy atom. The second kappa shape index (κ2) is 29.4. The van der Waals surface area contributed by atoms with Crippen molar-refractivity contribution in [1.29, 1.82) is 0 Å². The van der Waals surface area contributed by atoms with Crippen LogP contribution in [0.5, 0.6) is 0 Å². The molecule has 0 radical (unpaired) electrons. The van der Waals surface area contributed by atoms with Gasteiger partial charge in [0.25, 0.3) is 0 Å². The maximum absolute atomic E-state index is 14.3. The number of esters is 1. The van der Waals surface area contributed by atoms with Crippen molar-refractivity contribution in [1.82, 2.24) is 52.3 Å². The molecule has 0 bridgehead atoms. The van der Waals surface area contributed by atoms with Crippen LogP contribution in [0, 0.1) is 5.92 Å². The summed E-state index contributed by atoms with van der Waals surface area (Å²) in [5.41, 5.74) is 3.30. The van der Waals surface area contributed by atoms with Crippen LogP contribution in [-0.4, -0.2) is 141 Å². The molecule has 1 aromatic heterocycles. The van der Waals surface area contributed by atoms with Gasteiger partial charge < -0.3 is 20.3 Å². The van der Waals surface area contributed by atoms with Crippen molar-refractivity contribution in [2.24, 2.45) is 5.92 Å². The molecule has 9 N–H and O–H groups in total. The monoisotopic (exact) mass is 906 g/mol. The summed E-state index contributed by atoms with van der Waals surface area (Å²) in [6.45, 7) is 5.33. The summed E-state index contributed by atoms with van der Waals surface area (Å²) >= 11 is 0. The summed E-state index contributed by atoms with van der Waals surface area (Å²) < 4.78 is 5.57. The van der Waals surface area contributed by atoms with Crippen molar-refractivity contribution in [3.8, 4) is 22.5 Å². The van der Waals surface area contributed by atoms with Crippen LogP contribution in [0.2, 0.25) is 0 Å². The number of nitrogens with one attached hydrogen (secondary N) is 3. The highest BCUT2D eigenvalue weighted by atomic mass is 17.1. The van der Waals surface area contributed by atoms with Crippen LogP contribution < -0.4 is 10.6 Å². The molecular formula is C40H62N10O14. The van der Waals surface area contributed by atoms with Crippen molar-refractivity contribution in [2.45, 2.75) is 116 Å². The normalized spacial score (nSPS) is 13.0. The smallest absolute Gasteiger partial charge is 0.328 e. The van der Waals surface area contributed by atoms with E-state index >= 15 is 0 Å². The van der Waals surface area contributed by atoms with Gasteiger partial charge in [0.15, 0.2) is 0 Å². The zero-order valence-electron chi connectivity index (χ0n) is 36.3. The average molecular weight is 907 g/mol. The zero-order valence-corrected chi connectivity index (χ0v) is 36.3. The van der Waals surface area contributed by atoms with E-state index in [0.29, 0.717) is 31.5 Å². The molecule has 3 atom stereocenters. The third-order valence-corrected chi connectivity index (χ3v) is 9.81. The summed E-state index contributed by atoms with van der Waals surface area (Å²) in [5, 5.41) is 71.4. The highest BCUT2D eigenvalue weighted by Crippen LogP contribution is 2.30. The minimum Gasteiger partial charge on any atom is -0.464 e. The minimum absolute atomic E-state index is 0.0714. The molecule has 2 aromatic carbocycles. The number of carbonyl (C=O) groups excluding carboxylic acids is 4. The molecule has 24 heteroatoms. The van der Waals surface area contributed by atoms with Crippen molar-refractivity contribution >= 4 is 23.7 Å². The number of aromatic nitrogens is 4. The Morgan fingerprint density at radius 1 is 0.781 bits per heavy atom. The zero-order chi connectivity index (χ0) is 46.9. The lowest BCUT2D eigenvalue weighted by molar-refractivity contribution is -0.527. The van der Waals surface area contributed by atoms with Crippen molar-refractivity contribution in [2.75, 3.05) is 26.4 Å². The predicted octanol–water partition coefficient (Wildman–Crippen LogP) is 3.75. The largest absolute Gasteiger partial charge is 0.464 e. The summed E-state index contributed by atoms with van der Waals surface area (Å²) in [6, 6.07) is 13.1. The standard InChI is InChI=1S/C40H62N10O14/c1-4-5-18-36(52)47(26-29-19-21-30(22-20-29)32-14-6-7-15-33(32)38-43-45-46-44-38)37(28(2)3)39(53)42-34(16-8-10-23-41-35(51)17-12-25-62-48(55)56)40(54)61-24-11-9-13-31(64-50(59)60)27-63-49(57)58/h6-7,14-15,19-22,28,31,34,37,55-60H,4-5,8-13,16-18,23-27H2,1-3H3,(H,41,51)(H,42,53)(H,43,44,45,46). The molecule has 0 aliphatic rings. The molecule has 64 heavy (non-hydrogen) atoms. The van der Waals surface area contributed by atoms with Crippen LogP contribution in [0.25, 0.3) is 22.5 Å². The lowest BCUT2D eigenvalue weighted by Gasteiger charge is -2.34. The van der Waals surface area contributed by atoms with E-state index in [0.717, 1.165) is 28.7 Å². The molecule has 3 unspecified atom stereocenters. The van der Waals surface area contributed by atoms with Gasteiger partial charge in [-0.05, 0) is 79.2 Å². The Labute approximate surface area is 370 Å². The summed E-state index contributed by atoms with van der Waals surface area (Å²) in [5.74, 6) is -1.73. The third-order valence-electron chi connectivity index (χ3n) is 9.81. The fourth-order valence-electron chi connectivity index (χ4n) is 6.68. The number of ether oxygens (including phenoxy) is 1. The highest BCUT2D eigenvalue weighted by molar-refractivity contribution is 5.91. The van der Waals surface area contributed by atoms with E-state index in [4.69, 9.17) is 40.8 Å². The van der Waals surface area contributed by atoms with E-state index in [2.05, 4.69) is 40.9 Å². The van der Waals surface area contributed by atoms with Gasteiger partial charge in [-0.3, -0.25) is 50.5 Å². The quantitative estimate of drug-likeness (QED) is 0.0245. The Hall–Kier alpha value is -5.09. The van der Waals surface area contributed by atoms with Gasteiger partial charge in [-0.2, -0.15) is 5.21 Å². The van der Waals surface area contributed by atoms with Crippen LogP contribution in [0.15, 0.2) is 48.5 Å². The molecule has 356 valence electrons. The molecule has 3 aromatic rings. The first-order valence-corrected chi connectivity index (χ1v) is 21.1. The van der Waals surface area contributed by atoms with Gasteiger partial charge in [-0.15, -0.1) is 10.2 Å². The fourth-order valence-corrected chi connectivity index (χ4v) is 6.68. The third kappa shape index (κ3) is 19.7. The molecule has 3 rings (SSSR count). The van der Waals surface area contributed by atoms with Gasteiger partial charge in [-0.25, -0.2) is 14.5 Å². The summed E-state index contributed by atoms with van der Waals surface area (Å²) in [4.78, 5) is 69.3. The van der Waals surface area contributed by atoms with Crippen LogP contribution in [0.1, 0.15) is 97.0 Å². The number of amides is 3. The molecule has 0 spiro atoms. The second-order valence-corrected chi connectivity index (χ2v) is 15.1. The predicted molar refractivity (Wildman–Crippen MR) is 220 cm³/mol. The topological polar surface area (TPSA) is 318 Å². The fraction of sp³-hybridized carbons (Fsp3) is 0.575. The van der Waals surface area contributed by atoms with Crippen molar-refractivity contribution in [3.05, 3.63) is 54.1 Å². The molecule has 0 aliphatic heterocycles.